The van der Waals surface area contributed by atoms with Gasteiger partial charge in [-0.1, -0.05) is 24.3 Å². The molecule has 1 nitrogen and oxygen atoms in total. The van der Waals surface area contributed by atoms with Gasteiger partial charge in [-0.05, 0) is 41.7 Å². The van der Waals surface area contributed by atoms with Crippen molar-refractivity contribution >= 4 is 0 Å². The fourth-order valence-electron chi connectivity index (χ4n) is 2.58. The maximum atomic E-state index is 13.7. The van der Waals surface area contributed by atoms with Crippen LogP contribution in [0.2, 0.25) is 0 Å². The molecule has 18 heavy (non-hydrogen) atoms. The van der Waals surface area contributed by atoms with Gasteiger partial charge in [0, 0.05) is 6.04 Å². The molecule has 3 rings (SSSR count). The molecule has 1 atom stereocenters. The lowest BCUT2D eigenvalue weighted by Crippen LogP contribution is -2.04. The Labute approximate surface area is 104 Å². The van der Waals surface area contributed by atoms with Crippen LogP contribution in [0.5, 0.6) is 0 Å². The molecule has 1 aliphatic carbocycles. The number of fused-ring (bicyclic) bond motifs is 1. The Balaban J connectivity index is 2.14. The number of aryl methyl sites for hydroxylation is 1. The quantitative estimate of drug-likeness (QED) is 0.816. The molecule has 0 fully saturated rings. The SMILES string of the molecule is NC1CCc2cc(-c3c(F)cccc3F)ccc21. The van der Waals surface area contributed by atoms with Gasteiger partial charge in [-0.3, -0.25) is 0 Å². The lowest BCUT2D eigenvalue weighted by Gasteiger charge is -2.09. The molecule has 2 aromatic carbocycles. The van der Waals surface area contributed by atoms with Crippen molar-refractivity contribution in [2.24, 2.45) is 5.73 Å². The van der Waals surface area contributed by atoms with Crippen molar-refractivity contribution in [3.05, 3.63) is 59.2 Å². The molecule has 0 radical (unpaired) electrons. The summed E-state index contributed by atoms with van der Waals surface area (Å²) >= 11 is 0. The van der Waals surface area contributed by atoms with Gasteiger partial charge in [0.05, 0.1) is 5.56 Å². The van der Waals surface area contributed by atoms with Crippen LogP contribution < -0.4 is 5.73 Å². The van der Waals surface area contributed by atoms with E-state index in [0.717, 1.165) is 24.0 Å². The lowest BCUT2D eigenvalue weighted by molar-refractivity contribution is 0.589. The smallest absolute Gasteiger partial charge is 0.133 e. The van der Waals surface area contributed by atoms with E-state index in [2.05, 4.69) is 0 Å². The summed E-state index contributed by atoms with van der Waals surface area (Å²) in [5.41, 5.74) is 8.76. The number of nitrogens with two attached hydrogens (primary N) is 1. The molecule has 92 valence electrons. The van der Waals surface area contributed by atoms with Gasteiger partial charge in [-0.15, -0.1) is 0 Å². The first-order valence-corrected chi connectivity index (χ1v) is 5.99. The summed E-state index contributed by atoms with van der Waals surface area (Å²) in [5.74, 6) is -1.06. The highest BCUT2D eigenvalue weighted by atomic mass is 19.1. The number of benzene rings is 2. The van der Waals surface area contributed by atoms with Gasteiger partial charge in [0.2, 0.25) is 0 Å². The zero-order valence-corrected chi connectivity index (χ0v) is 9.79. The topological polar surface area (TPSA) is 26.0 Å². The average Bonchev–Trinajstić information content (AvgIpc) is 2.71. The molecule has 2 aromatic rings. The van der Waals surface area contributed by atoms with Gasteiger partial charge < -0.3 is 5.73 Å². The summed E-state index contributed by atoms with van der Waals surface area (Å²) in [6, 6.07) is 9.45. The summed E-state index contributed by atoms with van der Waals surface area (Å²) in [6.45, 7) is 0. The minimum Gasteiger partial charge on any atom is -0.324 e. The monoisotopic (exact) mass is 245 g/mol. The molecule has 3 heteroatoms. The predicted octanol–water partition coefficient (Wildman–Crippen LogP) is 3.58. The third-order valence-corrected chi connectivity index (χ3v) is 3.52. The second-order valence-electron chi connectivity index (χ2n) is 4.66. The summed E-state index contributed by atoms with van der Waals surface area (Å²) in [7, 11) is 0. The minimum absolute atomic E-state index is 0.0424. The van der Waals surface area contributed by atoms with E-state index in [4.69, 9.17) is 5.73 Å². The zero-order chi connectivity index (χ0) is 12.7. The molecule has 0 bridgehead atoms. The first-order chi connectivity index (χ1) is 8.66. The van der Waals surface area contributed by atoms with Gasteiger partial charge in [-0.2, -0.15) is 0 Å². The zero-order valence-electron chi connectivity index (χ0n) is 9.79. The highest BCUT2D eigenvalue weighted by Gasteiger charge is 2.20. The molecular formula is C15H13F2N. The molecule has 0 saturated heterocycles. The fourth-order valence-corrected chi connectivity index (χ4v) is 2.58. The minimum atomic E-state index is -0.530. The van der Waals surface area contributed by atoms with Gasteiger partial charge >= 0.3 is 0 Å². The van der Waals surface area contributed by atoms with Crippen molar-refractivity contribution in [3.63, 3.8) is 0 Å². The largest absolute Gasteiger partial charge is 0.324 e. The Morgan fingerprint density at radius 1 is 1.06 bits per heavy atom. The van der Waals surface area contributed by atoms with Gasteiger partial charge in [0.25, 0.3) is 0 Å². The number of hydrogen-bond donors (Lipinski definition) is 1. The van der Waals surface area contributed by atoms with Crippen LogP contribution in [-0.4, -0.2) is 0 Å². The normalized spacial score (nSPS) is 17.8. The average molecular weight is 245 g/mol. The molecule has 0 heterocycles. The maximum Gasteiger partial charge on any atom is 0.133 e. The predicted molar refractivity (Wildman–Crippen MR) is 67.0 cm³/mol. The van der Waals surface area contributed by atoms with Crippen LogP contribution >= 0.6 is 0 Å². The Bertz CT molecular complexity index is 587. The number of rotatable bonds is 1. The molecule has 0 saturated carbocycles. The van der Waals surface area contributed by atoms with E-state index in [1.165, 1.54) is 18.2 Å². The van der Waals surface area contributed by atoms with Crippen molar-refractivity contribution in [1.29, 1.82) is 0 Å². The summed E-state index contributed by atoms with van der Waals surface area (Å²) < 4.78 is 27.4. The van der Waals surface area contributed by atoms with Gasteiger partial charge in [-0.25, -0.2) is 8.78 Å². The summed E-state index contributed by atoms with van der Waals surface area (Å²) in [5, 5.41) is 0. The molecule has 0 aliphatic heterocycles. The van der Waals surface area contributed by atoms with Crippen LogP contribution in [0.15, 0.2) is 36.4 Å². The number of hydrogen-bond acceptors (Lipinski definition) is 1. The molecule has 0 spiro atoms. The van der Waals surface area contributed by atoms with Gasteiger partial charge in [0.15, 0.2) is 0 Å². The van der Waals surface area contributed by atoms with Crippen molar-refractivity contribution < 1.29 is 8.78 Å². The fraction of sp³-hybridized carbons (Fsp3) is 0.200. The van der Waals surface area contributed by atoms with Crippen molar-refractivity contribution in [1.82, 2.24) is 0 Å². The first-order valence-electron chi connectivity index (χ1n) is 5.99. The maximum absolute atomic E-state index is 13.7. The molecular weight excluding hydrogens is 232 g/mol. The van der Waals surface area contributed by atoms with E-state index in [1.54, 1.807) is 6.07 Å². The van der Waals surface area contributed by atoms with Crippen LogP contribution in [0.25, 0.3) is 11.1 Å². The Morgan fingerprint density at radius 3 is 2.50 bits per heavy atom. The van der Waals surface area contributed by atoms with E-state index in [-0.39, 0.29) is 11.6 Å². The Kier molecular flexibility index (Phi) is 2.63. The van der Waals surface area contributed by atoms with Crippen LogP contribution in [0, 0.1) is 11.6 Å². The van der Waals surface area contributed by atoms with Crippen LogP contribution in [-0.2, 0) is 6.42 Å². The van der Waals surface area contributed by atoms with Crippen LogP contribution in [0.4, 0.5) is 8.78 Å². The van der Waals surface area contributed by atoms with Crippen molar-refractivity contribution in [2.75, 3.05) is 0 Å². The second kappa shape index (κ2) is 4.18. The van der Waals surface area contributed by atoms with E-state index in [9.17, 15) is 8.78 Å². The van der Waals surface area contributed by atoms with Crippen molar-refractivity contribution in [3.8, 4) is 11.1 Å². The molecule has 0 amide bonds. The lowest BCUT2D eigenvalue weighted by atomic mass is 9.99. The number of halogens is 2. The Morgan fingerprint density at radius 2 is 1.78 bits per heavy atom. The van der Waals surface area contributed by atoms with E-state index in [1.807, 2.05) is 12.1 Å². The Hall–Kier alpha value is -1.74. The first kappa shape index (κ1) is 11.4. The van der Waals surface area contributed by atoms with E-state index < -0.39 is 11.6 Å². The molecule has 1 unspecified atom stereocenters. The standard InChI is InChI=1S/C15H13F2N/c16-12-2-1-3-13(17)15(12)10-4-6-11-9(8-10)5-7-14(11)18/h1-4,6,8,14H,5,7,18H2. The molecule has 0 aromatic heterocycles. The van der Waals surface area contributed by atoms with E-state index >= 15 is 0 Å². The van der Waals surface area contributed by atoms with E-state index in [0.29, 0.717) is 5.56 Å². The highest BCUT2D eigenvalue weighted by molar-refractivity contribution is 5.66. The highest BCUT2D eigenvalue weighted by Crippen LogP contribution is 2.34. The summed E-state index contributed by atoms with van der Waals surface area (Å²) in [6.07, 6.45) is 1.78. The molecule has 1 aliphatic rings. The second-order valence-corrected chi connectivity index (χ2v) is 4.66. The van der Waals surface area contributed by atoms with Crippen LogP contribution in [0.1, 0.15) is 23.6 Å². The van der Waals surface area contributed by atoms with Crippen molar-refractivity contribution in [2.45, 2.75) is 18.9 Å². The van der Waals surface area contributed by atoms with Crippen LogP contribution in [0.3, 0.4) is 0 Å². The summed E-state index contributed by atoms with van der Waals surface area (Å²) in [4.78, 5) is 0. The molecule has 2 N–H and O–H groups in total. The third kappa shape index (κ3) is 1.71. The van der Waals surface area contributed by atoms with Gasteiger partial charge in [0.1, 0.15) is 11.6 Å². The third-order valence-electron chi connectivity index (χ3n) is 3.52.